The predicted molar refractivity (Wildman–Crippen MR) is 123 cm³/mol. The summed E-state index contributed by atoms with van der Waals surface area (Å²) in [6.45, 7) is -0.756. The number of oxazole rings is 1. The summed E-state index contributed by atoms with van der Waals surface area (Å²) >= 11 is 0. The number of methoxy groups -OCH3 is 1. The summed E-state index contributed by atoms with van der Waals surface area (Å²) < 4.78 is 45.2. The average Bonchev–Trinajstić information content (AvgIpc) is 3.35. The van der Waals surface area contributed by atoms with Crippen LogP contribution in [0.3, 0.4) is 0 Å². The number of ether oxygens (including phenoxy) is 3. The van der Waals surface area contributed by atoms with E-state index < -0.39 is 6.61 Å². The minimum atomic E-state index is -2.96. The Hall–Kier alpha value is -3.25. The van der Waals surface area contributed by atoms with Crippen LogP contribution >= 0.6 is 0 Å². The van der Waals surface area contributed by atoms with Gasteiger partial charge in [0, 0.05) is 18.7 Å². The molecule has 2 aliphatic rings. The molecule has 1 amide bonds. The zero-order chi connectivity index (χ0) is 25.8. The average molecular weight is 499 g/mol. The molecule has 1 aliphatic carbocycles. The number of carbonyl (C=O) groups is 2. The van der Waals surface area contributed by atoms with Crippen LogP contribution in [-0.2, 0) is 16.1 Å². The molecule has 0 bridgehead atoms. The minimum absolute atomic E-state index is 0.0273. The number of carbonyl (C=O) groups excluding carboxylic acids is 2. The van der Waals surface area contributed by atoms with Gasteiger partial charge in [0.1, 0.15) is 0 Å². The molecule has 1 saturated carbocycles. The number of benzene rings is 1. The van der Waals surface area contributed by atoms with Gasteiger partial charge >= 0.3 is 6.61 Å². The highest BCUT2D eigenvalue weighted by Crippen LogP contribution is 2.36. The van der Waals surface area contributed by atoms with Crippen molar-refractivity contribution in [2.24, 2.45) is 17.4 Å². The maximum absolute atomic E-state index is 12.7. The molecule has 4 rings (SSSR count). The number of hydrogen-bond acceptors (Lipinski definition) is 9. The Morgan fingerprint density at radius 3 is 2.46 bits per heavy atom. The second kappa shape index (κ2) is 14.2. The first-order chi connectivity index (χ1) is 17.0. The molecule has 0 spiro atoms. The maximum Gasteiger partial charge on any atom is 0.387 e. The first-order valence-corrected chi connectivity index (χ1v) is 11.2. The second-order valence-corrected chi connectivity index (χ2v) is 7.62. The van der Waals surface area contributed by atoms with E-state index in [0.29, 0.717) is 43.4 Å². The molecule has 1 saturated heterocycles. The number of alkyl halides is 2. The van der Waals surface area contributed by atoms with Crippen LogP contribution in [0.4, 0.5) is 8.78 Å². The summed E-state index contributed by atoms with van der Waals surface area (Å²) in [7, 11) is 2.81. The number of halogens is 2. The van der Waals surface area contributed by atoms with Gasteiger partial charge in [0.25, 0.3) is 12.4 Å². The van der Waals surface area contributed by atoms with Gasteiger partial charge in [-0.15, -0.1) is 0 Å². The molecule has 1 aromatic heterocycles. The third-order valence-corrected chi connectivity index (χ3v) is 5.15. The van der Waals surface area contributed by atoms with Gasteiger partial charge in [0.05, 0.1) is 20.3 Å². The van der Waals surface area contributed by atoms with E-state index in [4.69, 9.17) is 19.7 Å². The van der Waals surface area contributed by atoms with Crippen LogP contribution in [0.1, 0.15) is 41.9 Å². The Morgan fingerprint density at radius 2 is 1.91 bits per heavy atom. The topological polar surface area (TPSA) is 143 Å². The molecule has 10 nitrogen and oxygen atoms in total. The number of likely N-dealkylation sites (tertiary alicyclic amines) is 1. The Balaban J connectivity index is 0.000000655. The van der Waals surface area contributed by atoms with Crippen molar-refractivity contribution < 1.29 is 37.0 Å². The number of aromatic nitrogens is 1. The Bertz CT molecular complexity index is 946. The van der Waals surface area contributed by atoms with E-state index in [-0.39, 0.29) is 35.5 Å². The smallest absolute Gasteiger partial charge is 0.387 e. The van der Waals surface area contributed by atoms with Gasteiger partial charge in [-0.25, -0.2) is 4.98 Å². The number of amides is 1. The maximum atomic E-state index is 12.7. The van der Waals surface area contributed by atoms with E-state index in [1.54, 1.807) is 4.90 Å². The van der Waals surface area contributed by atoms with Crippen molar-refractivity contribution >= 4 is 12.4 Å². The molecule has 12 heteroatoms. The lowest BCUT2D eigenvalue weighted by Crippen LogP contribution is -2.29. The van der Waals surface area contributed by atoms with E-state index in [0.717, 1.165) is 25.7 Å². The van der Waals surface area contributed by atoms with Crippen molar-refractivity contribution in [2.75, 3.05) is 33.9 Å². The van der Waals surface area contributed by atoms with Gasteiger partial charge in [0.2, 0.25) is 5.89 Å². The van der Waals surface area contributed by atoms with Gasteiger partial charge in [0.15, 0.2) is 23.0 Å². The van der Waals surface area contributed by atoms with Crippen LogP contribution in [0.25, 0.3) is 11.5 Å². The Kier molecular flexibility index (Phi) is 11.4. The van der Waals surface area contributed by atoms with E-state index in [1.807, 2.05) is 0 Å². The molecule has 35 heavy (non-hydrogen) atoms. The highest BCUT2D eigenvalue weighted by molar-refractivity contribution is 5.94. The van der Waals surface area contributed by atoms with Crippen molar-refractivity contribution in [2.45, 2.75) is 38.8 Å². The van der Waals surface area contributed by atoms with Crippen molar-refractivity contribution in [3.8, 4) is 23.0 Å². The van der Waals surface area contributed by atoms with Gasteiger partial charge in [-0.2, -0.15) is 8.78 Å². The molecule has 2 aromatic rings. The summed E-state index contributed by atoms with van der Waals surface area (Å²) in [5.41, 5.74) is 10.9. The first kappa shape index (κ1) is 28.0. The molecule has 1 aliphatic heterocycles. The minimum Gasteiger partial charge on any atom is -0.489 e. The molecule has 194 valence electrons. The predicted octanol–water partition coefficient (Wildman–Crippen LogP) is 2.79. The third kappa shape index (κ3) is 8.18. The van der Waals surface area contributed by atoms with E-state index >= 15 is 0 Å². The van der Waals surface area contributed by atoms with Gasteiger partial charge in [-0.1, -0.05) is 0 Å². The monoisotopic (exact) mass is 498 g/mol. The molecule has 4 N–H and O–H groups in total. The highest BCUT2D eigenvalue weighted by atomic mass is 19.3. The van der Waals surface area contributed by atoms with E-state index in [2.05, 4.69) is 20.2 Å². The van der Waals surface area contributed by atoms with Crippen LogP contribution < -0.4 is 20.9 Å². The molecule has 2 heterocycles. The highest BCUT2D eigenvalue weighted by Gasteiger charge is 2.27. The Morgan fingerprint density at radius 1 is 1.26 bits per heavy atom. The first-order valence-electron chi connectivity index (χ1n) is 11.2. The lowest BCUT2D eigenvalue weighted by atomic mass is 10.2. The fourth-order valence-electron chi connectivity index (χ4n) is 3.29. The molecule has 0 unspecified atom stereocenters. The summed E-state index contributed by atoms with van der Waals surface area (Å²) in [6, 6.07) is 4.46. The quantitative estimate of drug-likeness (QED) is 0.499. The SMILES string of the molecule is CN.COC=O.NCc1oc(-c2ccc(OC(F)F)c(OCC3CC3)c2)nc1C(=O)N1CCCC1. The number of hydrogen-bond donors (Lipinski definition) is 2. The largest absolute Gasteiger partial charge is 0.489 e. The number of nitrogens with zero attached hydrogens (tertiary/aromatic N) is 2. The van der Waals surface area contributed by atoms with Gasteiger partial charge < -0.3 is 35.0 Å². The van der Waals surface area contributed by atoms with Gasteiger partial charge in [-0.05, 0) is 56.8 Å². The second-order valence-electron chi connectivity index (χ2n) is 7.62. The number of rotatable bonds is 9. The van der Waals surface area contributed by atoms with E-state index in [1.165, 1.54) is 32.4 Å². The summed E-state index contributed by atoms with van der Waals surface area (Å²) in [6.07, 6.45) is 4.04. The van der Waals surface area contributed by atoms with Crippen LogP contribution in [-0.4, -0.2) is 62.7 Å². The lowest BCUT2D eigenvalue weighted by molar-refractivity contribution is -0.126. The zero-order valence-electron chi connectivity index (χ0n) is 19.9. The van der Waals surface area contributed by atoms with Crippen LogP contribution in [0, 0.1) is 5.92 Å². The van der Waals surface area contributed by atoms with Crippen molar-refractivity contribution in [3.05, 3.63) is 29.7 Å². The van der Waals surface area contributed by atoms with Crippen molar-refractivity contribution in [3.63, 3.8) is 0 Å². The van der Waals surface area contributed by atoms with Crippen LogP contribution in [0.2, 0.25) is 0 Å². The van der Waals surface area contributed by atoms with Crippen LogP contribution in [0.15, 0.2) is 22.6 Å². The Labute approximate surface area is 202 Å². The fourth-order valence-corrected chi connectivity index (χ4v) is 3.29. The molecular formula is C23H32F2N4O6. The van der Waals surface area contributed by atoms with Crippen molar-refractivity contribution in [1.29, 1.82) is 0 Å². The molecule has 2 fully saturated rings. The zero-order valence-corrected chi connectivity index (χ0v) is 19.9. The molecule has 0 atom stereocenters. The summed E-state index contributed by atoms with van der Waals surface area (Å²) in [5, 5.41) is 0. The van der Waals surface area contributed by atoms with Crippen molar-refractivity contribution in [1.82, 2.24) is 9.88 Å². The normalized spacial score (nSPS) is 14.4. The van der Waals surface area contributed by atoms with E-state index in [9.17, 15) is 13.6 Å². The molecule has 1 aromatic carbocycles. The lowest BCUT2D eigenvalue weighted by Gasteiger charge is -2.13. The molecule has 0 radical (unpaired) electrons. The third-order valence-electron chi connectivity index (χ3n) is 5.15. The van der Waals surface area contributed by atoms with Gasteiger partial charge in [-0.3, -0.25) is 9.59 Å². The fraction of sp³-hybridized carbons (Fsp3) is 0.522. The summed E-state index contributed by atoms with van der Waals surface area (Å²) in [5.74, 6) is 0.852. The standard InChI is InChI=1S/C20H23F2N3O4.C2H4O2.CH5N/c21-20(22)29-14-6-5-13(9-15(14)27-11-12-3-4-12)18-24-17(16(10-23)28-18)19(26)25-7-1-2-8-25;1-4-2-3;1-2/h5-6,9,12,20H,1-4,7-8,10-11,23H2;2H,1H3;2H2,1H3. The summed E-state index contributed by atoms with van der Waals surface area (Å²) in [4.78, 5) is 27.7. The van der Waals surface area contributed by atoms with Crippen LogP contribution in [0.5, 0.6) is 11.5 Å². The number of nitrogens with two attached hydrogens (primary N) is 2. The molecular weight excluding hydrogens is 466 g/mol.